The van der Waals surface area contributed by atoms with Crippen molar-refractivity contribution in [2.75, 3.05) is 26.2 Å². The number of hydrogen-bond donors (Lipinski definition) is 1. The maximum atomic E-state index is 12.7. The van der Waals surface area contributed by atoms with Gasteiger partial charge in [0.15, 0.2) is 0 Å². The maximum absolute atomic E-state index is 12.7. The first-order chi connectivity index (χ1) is 11.8. The van der Waals surface area contributed by atoms with E-state index in [2.05, 4.69) is 11.8 Å². The molecule has 3 rings (SSSR count). The van der Waals surface area contributed by atoms with Gasteiger partial charge in [-0.1, -0.05) is 6.92 Å². The van der Waals surface area contributed by atoms with Crippen molar-refractivity contribution in [2.24, 2.45) is 5.41 Å². The lowest BCUT2D eigenvalue weighted by Gasteiger charge is -2.39. The van der Waals surface area contributed by atoms with Crippen molar-refractivity contribution >= 4 is 11.9 Å². The first-order valence-electron chi connectivity index (χ1n) is 9.18. The number of carboxylic acid groups (broad SMARTS) is 1. The minimum Gasteiger partial charge on any atom is -0.480 e. The van der Waals surface area contributed by atoms with Crippen LogP contribution in [0.1, 0.15) is 54.5 Å². The molecule has 1 spiro atoms. The Kier molecular flexibility index (Phi) is 4.91. The number of likely N-dealkylation sites (tertiary alicyclic amines) is 2. The van der Waals surface area contributed by atoms with Crippen molar-refractivity contribution in [3.8, 4) is 0 Å². The van der Waals surface area contributed by atoms with E-state index in [-0.39, 0.29) is 17.4 Å². The second-order valence-corrected chi connectivity index (χ2v) is 7.65. The number of carbonyl (C=O) groups excluding carboxylic acids is 1. The Hall–Kier alpha value is -1.82. The molecule has 6 heteroatoms. The quantitative estimate of drug-likeness (QED) is 0.905. The van der Waals surface area contributed by atoms with E-state index in [0.29, 0.717) is 30.8 Å². The van der Waals surface area contributed by atoms with E-state index in [1.807, 2.05) is 18.7 Å². The van der Waals surface area contributed by atoms with E-state index >= 15 is 0 Å². The fraction of sp³-hybridized carbons (Fsp3) is 0.684. The van der Waals surface area contributed by atoms with Crippen LogP contribution in [0.5, 0.6) is 0 Å². The number of amides is 1. The summed E-state index contributed by atoms with van der Waals surface area (Å²) in [5.41, 5.74) is 0.687. The second kappa shape index (κ2) is 6.83. The largest absolute Gasteiger partial charge is 0.480 e. The summed E-state index contributed by atoms with van der Waals surface area (Å²) < 4.78 is 5.48. The molecule has 6 nitrogen and oxygen atoms in total. The molecule has 1 atom stereocenters. The van der Waals surface area contributed by atoms with Crippen molar-refractivity contribution in [3.05, 3.63) is 23.2 Å². The van der Waals surface area contributed by atoms with Gasteiger partial charge >= 0.3 is 5.97 Å². The fourth-order valence-corrected chi connectivity index (χ4v) is 4.47. The van der Waals surface area contributed by atoms with Gasteiger partial charge in [0.2, 0.25) is 0 Å². The number of furan rings is 1. The van der Waals surface area contributed by atoms with Gasteiger partial charge in [0.05, 0.1) is 5.56 Å². The van der Waals surface area contributed by atoms with Crippen LogP contribution >= 0.6 is 0 Å². The fourth-order valence-electron chi connectivity index (χ4n) is 4.47. The predicted molar refractivity (Wildman–Crippen MR) is 93.7 cm³/mol. The van der Waals surface area contributed by atoms with E-state index in [0.717, 1.165) is 38.1 Å². The number of piperidine rings is 1. The number of carboxylic acids is 1. The topological polar surface area (TPSA) is 74.0 Å². The summed E-state index contributed by atoms with van der Waals surface area (Å²) in [7, 11) is 0. The van der Waals surface area contributed by atoms with Gasteiger partial charge in [-0.25, -0.2) is 0 Å². The smallest absolute Gasteiger partial charge is 0.320 e. The van der Waals surface area contributed by atoms with Crippen LogP contribution in [0.2, 0.25) is 0 Å². The summed E-state index contributed by atoms with van der Waals surface area (Å²) in [6, 6.07) is 1.43. The first-order valence-corrected chi connectivity index (χ1v) is 9.18. The third-order valence-electron chi connectivity index (χ3n) is 5.78. The SMILES string of the molecule is CCCN1CC2(CCN(C(=O)c3cc(C)oc3C)CC2)CC1C(=O)O. The molecule has 0 bridgehead atoms. The first kappa shape index (κ1) is 18.0. The highest BCUT2D eigenvalue weighted by atomic mass is 16.4. The Balaban J connectivity index is 1.66. The zero-order valence-corrected chi connectivity index (χ0v) is 15.4. The Morgan fingerprint density at radius 3 is 2.52 bits per heavy atom. The zero-order chi connectivity index (χ0) is 18.2. The van der Waals surface area contributed by atoms with Crippen molar-refractivity contribution in [2.45, 2.75) is 52.5 Å². The number of hydrogen-bond acceptors (Lipinski definition) is 4. The Labute approximate surface area is 148 Å². The highest BCUT2D eigenvalue weighted by Gasteiger charge is 2.48. The molecule has 0 aromatic carbocycles. The van der Waals surface area contributed by atoms with Gasteiger partial charge in [0.1, 0.15) is 17.6 Å². The van der Waals surface area contributed by atoms with Crippen LogP contribution in [-0.4, -0.2) is 59.0 Å². The summed E-state index contributed by atoms with van der Waals surface area (Å²) in [6.45, 7) is 8.80. The van der Waals surface area contributed by atoms with Crippen LogP contribution in [0, 0.1) is 19.3 Å². The number of aryl methyl sites for hydroxylation is 2. The summed E-state index contributed by atoms with van der Waals surface area (Å²) >= 11 is 0. The average Bonchev–Trinajstić information content (AvgIpc) is 3.08. The molecule has 1 amide bonds. The molecule has 1 N–H and O–H groups in total. The summed E-state index contributed by atoms with van der Waals surface area (Å²) in [6.07, 6.45) is 3.41. The molecule has 0 saturated carbocycles. The van der Waals surface area contributed by atoms with Crippen molar-refractivity contribution in [1.82, 2.24) is 9.80 Å². The highest BCUT2D eigenvalue weighted by Crippen LogP contribution is 2.43. The molecule has 1 aromatic heterocycles. The number of nitrogens with zero attached hydrogens (tertiary/aromatic N) is 2. The van der Waals surface area contributed by atoms with Gasteiger partial charge in [-0.05, 0) is 57.6 Å². The third-order valence-corrected chi connectivity index (χ3v) is 5.78. The number of aliphatic carboxylic acids is 1. The van der Waals surface area contributed by atoms with Crippen LogP contribution in [0.25, 0.3) is 0 Å². The molecule has 1 aromatic rings. The molecular formula is C19H28N2O4. The number of carbonyl (C=O) groups is 2. The van der Waals surface area contributed by atoms with Crippen LogP contribution in [0.15, 0.2) is 10.5 Å². The molecule has 2 fully saturated rings. The van der Waals surface area contributed by atoms with Crippen LogP contribution in [0.4, 0.5) is 0 Å². The third kappa shape index (κ3) is 3.45. The average molecular weight is 348 g/mol. The molecule has 0 aliphatic carbocycles. The van der Waals surface area contributed by atoms with E-state index in [4.69, 9.17) is 4.42 Å². The minimum atomic E-state index is -0.715. The number of rotatable bonds is 4. The Morgan fingerprint density at radius 2 is 2.00 bits per heavy atom. The predicted octanol–water partition coefficient (Wildman–Crippen LogP) is 2.69. The van der Waals surface area contributed by atoms with Crippen LogP contribution < -0.4 is 0 Å². The molecule has 0 radical (unpaired) electrons. The van der Waals surface area contributed by atoms with Crippen molar-refractivity contribution in [1.29, 1.82) is 0 Å². The van der Waals surface area contributed by atoms with Gasteiger partial charge < -0.3 is 14.4 Å². The lowest BCUT2D eigenvalue weighted by Crippen LogP contribution is -2.44. The zero-order valence-electron chi connectivity index (χ0n) is 15.4. The Morgan fingerprint density at radius 1 is 1.32 bits per heavy atom. The second-order valence-electron chi connectivity index (χ2n) is 7.65. The summed E-state index contributed by atoms with van der Waals surface area (Å²) in [5, 5.41) is 9.53. The molecular weight excluding hydrogens is 320 g/mol. The van der Waals surface area contributed by atoms with E-state index < -0.39 is 5.97 Å². The van der Waals surface area contributed by atoms with E-state index in [9.17, 15) is 14.7 Å². The lowest BCUT2D eigenvalue weighted by atomic mass is 9.76. The standard InChI is InChI=1S/C19H28N2O4/c1-4-7-21-12-19(11-16(21)18(23)24)5-8-20(9-6-19)17(22)15-10-13(2)25-14(15)3/h10,16H,4-9,11-12H2,1-3H3,(H,23,24). The van der Waals surface area contributed by atoms with Gasteiger partial charge in [-0.15, -0.1) is 0 Å². The molecule has 2 aliphatic heterocycles. The van der Waals surface area contributed by atoms with Gasteiger partial charge in [0, 0.05) is 19.6 Å². The molecule has 2 aliphatic rings. The van der Waals surface area contributed by atoms with Gasteiger partial charge in [0.25, 0.3) is 5.91 Å². The molecule has 138 valence electrons. The molecule has 1 unspecified atom stereocenters. The monoisotopic (exact) mass is 348 g/mol. The van der Waals surface area contributed by atoms with Crippen LogP contribution in [-0.2, 0) is 4.79 Å². The van der Waals surface area contributed by atoms with E-state index in [1.165, 1.54) is 0 Å². The van der Waals surface area contributed by atoms with Crippen LogP contribution in [0.3, 0.4) is 0 Å². The molecule has 3 heterocycles. The molecule has 25 heavy (non-hydrogen) atoms. The normalized spacial score (nSPS) is 23.3. The summed E-state index contributed by atoms with van der Waals surface area (Å²) in [4.78, 5) is 28.3. The Bertz CT molecular complexity index is 658. The van der Waals surface area contributed by atoms with E-state index in [1.54, 1.807) is 6.07 Å². The lowest BCUT2D eigenvalue weighted by molar-refractivity contribution is -0.142. The van der Waals surface area contributed by atoms with Crippen molar-refractivity contribution < 1.29 is 19.1 Å². The minimum absolute atomic E-state index is 0.0300. The highest BCUT2D eigenvalue weighted by molar-refractivity contribution is 5.95. The maximum Gasteiger partial charge on any atom is 0.320 e. The summed E-state index contributed by atoms with van der Waals surface area (Å²) in [5.74, 6) is 0.740. The van der Waals surface area contributed by atoms with Crippen molar-refractivity contribution in [3.63, 3.8) is 0 Å². The van der Waals surface area contributed by atoms with Gasteiger partial charge in [-0.3, -0.25) is 14.5 Å². The van der Waals surface area contributed by atoms with Gasteiger partial charge in [-0.2, -0.15) is 0 Å². The molecule has 2 saturated heterocycles.